The molecule has 0 amide bonds. The first-order chi connectivity index (χ1) is 11.3. The van der Waals surface area contributed by atoms with Crippen LogP contribution >= 0.6 is 0 Å². The third-order valence-electron chi connectivity index (χ3n) is 3.40. The number of carbonyl (C=O) groups excluding carboxylic acids is 1. The number of carbonyl (C=O) groups is 1. The van der Waals surface area contributed by atoms with Crippen molar-refractivity contribution in [1.82, 2.24) is 9.97 Å². The van der Waals surface area contributed by atoms with E-state index in [9.17, 15) is 4.79 Å². The lowest BCUT2D eigenvalue weighted by molar-refractivity contribution is -0.143. The third kappa shape index (κ3) is 3.69. The first-order valence-corrected chi connectivity index (χ1v) is 7.60. The minimum absolute atomic E-state index is 0.244. The van der Waals surface area contributed by atoms with Gasteiger partial charge in [0.2, 0.25) is 0 Å². The van der Waals surface area contributed by atoms with Crippen molar-refractivity contribution >= 4 is 17.0 Å². The Kier molecular flexibility index (Phi) is 4.57. The van der Waals surface area contributed by atoms with Gasteiger partial charge in [0.15, 0.2) is 0 Å². The molecule has 5 nitrogen and oxygen atoms in total. The molecular formula is C18H18N2O3. The molecule has 0 aliphatic carbocycles. The van der Waals surface area contributed by atoms with Crippen LogP contribution in [0.1, 0.15) is 13.3 Å². The van der Waals surface area contributed by atoms with E-state index in [0.29, 0.717) is 19.0 Å². The largest absolute Gasteiger partial charge is 0.493 e. The average molecular weight is 310 g/mol. The van der Waals surface area contributed by atoms with Gasteiger partial charge in [-0.2, -0.15) is 0 Å². The molecular weight excluding hydrogens is 292 g/mol. The molecule has 3 rings (SSSR count). The zero-order valence-electron chi connectivity index (χ0n) is 12.9. The van der Waals surface area contributed by atoms with Crippen LogP contribution in [0.2, 0.25) is 0 Å². The second-order valence-corrected chi connectivity index (χ2v) is 5.03. The van der Waals surface area contributed by atoms with Crippen molar-refractivity contribution in [3.8, 4) is 17.1 Å². The highest BCUT2D eigenvalue weighted by Crippen LogP contribution is 2.22. The summed E-state index contributed by atoms with van der Waals surface area (Å²) >= 11 is 0. The van der Waals surface area contributed by atoms with E-state index in [1.165, 1.54) is 0 Å². The van der Waals surface area contributed by atoms with Crippen LogP contribution in [0.5, 0.6) is 5.75 Å². The number of imidazole rings is 1. The van der Waals surface area contributed by atoms with E-state index < -0.39 is 0 Å². The molecule has 0 saturated heterocycles. The van der Waals surface area contributed by atoms with E-state index >= 15 is 0 Å². The van der Waals surface area contributed by atoms with Crippen LogP contribution in [0.15, 0.2) is 48.5 Å². The summed E-state index contributed by atoms with van der Waals surface area (Å²) < 4.78 is 10.4. The first kappa shape index (κ1) is 15.1. The molecule has 0 aliphatic rings. The third-order valence-corrected chi connectivity index (χ3v) is 3.40. The molecule has 1 aromatic heterocycles. The summed E-state index contributed by atoms with van der Waals surface area (Å²) in [5.74, 6) is 1.30. The Morgan fingerprint density at radius 3 is 2.65 bits per heavy atom. The lowest BCUT2D eigenvalue weighted by atomic mass is 10.2. The van der Waals surface area contributed by atoms with Crippen LogP contribution < -0.4 is 4.74 Å². The number of ether oxygens (including phenoxy) is 2. The molecule has 0 radical (unpaired) electrons. The number of hydrogen-bond acceptors (Lipinski definition) is 4. The van der Waals surface area contributed by atoms with E-state index in [0.717, 1.165) is 22.4 Å². The van der Waals surface area contributed by atoms with Crippen molar-refractivity contribution in [2.24, 2.45) is 0 Å². The first-order valence-electron chi connectivity index (χ1n) is 7.60. The monoisotopic (exact) mass is 310 g/mol. The fourth-order valence-corrected chi connectivity index (χ4v) is 2.28. The lowest BCUT2D eigenvalue weighted by Gasteiger charge is -2.06. The molecule has 0 atom stereocenters. The number of nitrogens with one attached hydrogen (secondary N) is 1. The fourth-order valence-electron chi connectivity index (χ4n) is 2.28. The molecule has 2 aromatic carbocycles. The Balaban J connectivity index is 1.63. The van der Waals surface area contributed by atoms with Crippen LogP contribution in [0, 0.1) is 0 Å². The highest BCUT2D eigenvalue weighted by molar-refractivity contribution is 5.79. The van der Waals surface area contributed by atoms with Gasteiger partial charge in [0.25, 0.3) is 0 Å². The van der Waals surface area contributed by atoms with Crippen molar-refractivity contribution in [2.45, 2.75) is 13.3 Å². The second-order valence-electron chi connectivity index (χ2n) is 5.03. The number of benzene rings is 2. The molecule has 23 heavy (non-hydrogen) atoms. The molecule has 0 bridgehead atoms. The Bertz CT molecular complexity index is 760. The Hall–Kier alpha value is -2.82. The Labute approximate surface area is 134 Å². The van der Waals surface area contributed by atoms with Crippen LogP contribution in [-0.4, -0.2) is 29.2 Å². The van der Waals surface area contributed by atoms with Crippen molar-refractivity contribution in [2.75, 3.05) is 13.2 Å². The molecule has 0 unspecified atom stereocenters. The zero-order chi connectivity index (χ0) is 16.1. The summed E-state index contributed by atoms with van der Waals surface area (Å²) in [5.41, 5.74) is 2.94. The SMILES string of the molecule is CCOC(=O)CCOc1ccc(-c2nc3ccccc3[nH]2)cc1. The minimum Gasteiger partial charge on any atom is -0.493 e. The zero-order valence-corrected chi connectivity index (χ0v) is 12.9. The molecule has 3 aromatic rings. The van der Waals surface area contributed by atoms with Gasteiger partial charge >= 0.3 is 5.97 Å². The molecule has 0 aliphatic heterocycles. The number of aromatic nitrogens is 2. The highest BCUT2D eigenvalue weighted by Gasteiger charge is 2.06. The van der Waals surface area contributed by atoms with Crippen LogP contribution in [0.4, 0.5) is 0 Å². The number of fused-ring (bicyclic) bond motifs is 1. The van der Waals surface area contributed by atoms with E-state index in [2.05, 4.69) is 9.97 Å². The Morgan fingerprint density at radius 2 is 1.91 bits per heavy atom. The van der Waals surface area contributed by atoms with Gasteiger partial charge in [-0.25, -0.2) is 4.98 Å². The summed E-state index contributed by atoms with van der Waals surface area (Å²) in [6, 6.07) is 15.5. The van der Waals surface area contributed by atoms with Gasteiger partial charge in [-0.3, -0.25) is 4.79 Å². The predicted octanol–water partition coefficient (Wildman–Crippen LogP) is 3.56. The molecule has 1 N–H and O–H groups in total. The predicted molar refractivity (Wildman–Crippen MR) is 88.3 cm³/mol. The maximum Gasteiger partial charge on any atom is 0.309 e. The van der Waals surface area contributed by atoms with Crippen LogP contribution in [0.3, 0.4) is 0 Å². The summed E-state index contributed by atoms with van der Waals surface area (Å²) in [7, 11) is 0. The molecule has 0 saturated carbocycles. The lowest BCUT2D eigenvalue weighted by Crippen LogP contribution is -2.09. The van der Waals surface area contributed by atoms with Gasteiger partial charge in [0.05, 0.1) is 30.7 Å². The smallest absolute Gasteiger partial charge is 0.309 e. The van der Waals surface area contributed by atoms with Gasteiger partial charge in [-0.15, -0.1) is 0 Å². The number of rotatable bonds is 6. The number of aromatic amines is 1. The van der Waals surface area contributed by atoms with Gasteiger partial charge in [0, 0.05) is 5.56 Å². The number of para-hydroxylation sites is 2. The number of hydrogen-bond donors (Lipinski definition) is 1. The maximum atomic E-state index is 11.2. The van der Waals surface area contributed by atoms with Crippen molar-refractivity contribution in [1.29, 1.82) is 0 Å². The van der Waals surface area contributed by atoms with Gasteiger partial charge < -0.3 is 14.5 Å². The summed E-state index contributed by atoms with van der Waals surface area (Å²) in [6.45, 7) is 2.49. The molecule has 118 valence electrons. The van der Waals surface area contributed by atoms with Crippen molar-refractivity contribution in [3.63, 3.8) is 0 Å². The van der Waals surface area contributed by atoms with E-state index in [1.54, 1.807) is 6.92 Å². The fraction of sp³-hybridized carbons (Fsp3) is 0.222. The van der Waals surface area contributed by atoms with E-state index in [4.69, 9.17) is 9.47 Å². The van der Waals surface area contributed by atoms with Gasteiger partial charge in [-0.1, -0.05) is 12.1 Å². The van der Waals surface area contributed by atoms with E-state index in [1.807, 2.05) is 48.5 Å². The topological polar surface area (TPSA) is 64.2 Å². The van der Waals surface area contributed by atoms with Gasteiger partial charge in [-0.05, 0) is 43.3 Å². The molecule has 5 heteroatoms. The quantitative estimate of drug-likeness (QED) is 0.707. The van der Waals surface area contributed by atoms with Crippen molar-refractivity contribution < 1.29 is 14.3 Å². The molecule has 0 spiro atoms. The highest BCUT2D eigenvalue weighted by atomic mass is 16.5. The van der Waals surface area contributed by atoms with Crippen molar-refractivity contribution in [3.05, 3.63) is 48.5 Å². The second kappa shape index (κ2) is 6.96. The summed E-state index contributed by atoms with van der Waals surface area (Å²) in [6.07, 6.45) is 0.249. The number of esters is 1. The van der Waals surface area contributed by atoms with Crippen LogP contribution in [-0.2, 0) is 9.53 Å². The number of nitrogens with zero attached hydrogens (tertiary/aromatic N) is 1. The average Bonchev–Trinajstić information content (AvgIpc) is 3.00. The van der Waals surface area contributed by atoms with Gasteiger partial charge in [0.1, 0.15) is 11.6 Å². The molecule has 1 heterocycles. The normalized spacial score (nSPS) is 10.7. The summed E-state index contributed by atoms with van der Waals surface area (Å²) in [5, 5.41) is 0. The minimum atomic E-state index is -0.244. The standard InChI is InChI=1S/C18H18N2O3/c1-2-22-17(21)11-12-23-14-9-7-13(8-10-14)18-19-15-5-3-4-6-16(15)20-18/h3-10H,2,11-12H2,1H3,(H,19,20). The van der Waals surface area contributed by atoms with Crippen LogP contribution in [0.25, 0.3) is 22.4 Å². The maximum absolute atomic E-state index is 11.2. The Morgan fingerprint density at radius 1 is 1.13 bits per heavy atom. The molecule has 0 fully saturated rings. The number of H-pyrrole nitrogens is 1. The van der Waals surface area contributed by atoms with E-state index in [-0.39, 0.29) is 12.4 Å². The summed E-state index contributed by atoms with van der Waals surface area (Å²) in [4.78, 5) is 19.1.